The van der Waals surface area contributed by atoms with Crippen molar-refractivity contribution in [3.63, 3.8) is 0 Å². The van der Waals surface area contributed by atoms with Crippen LogP contribution < -0.4 is 11.0 Å². The van der Waals surface area contributed by atoms with Crippen LogP contribution in [0.5, 0.6) is 0 Å². The molecule has 16 heteroatoms. The molecule has 7 aliphatic heterocycles. The van der Waals surface area contributed by atoms with Gasteiger partial charge in [-0.1, -0.05) is 97.1 Å². The van der Waals surface area contributed by atoms with E-state index in [2.05, 4.69) is 32.7 Å². The van der Waals surface area contributed by atoms with Gasteiger partial charge in [0.1, 0.15) is 47.0 Å². The fourth-order valence-electron chi connectivity index (χ4n) is 9.94. The lowest BCUT2D eigenvalue weighted by Gasteiger charge is -2.39. The van der Waals surface area contributed by atoms with Gasteiger partial charge in [-0.15, -0.1) is 0 Å². The molecule has 0 saturated carbocycles. The van der Waals surface area contributed by atoms with Gasteiger partial charge in [-0.05, 0) is 34.6 Å². The van der Waals surface area contributed by atoms with Crippen molar-refractivity contribution in [3.05, 3.63) is 130 Å². The van der Waals surface area contributed by atoms with E-state index in [1.807, 2.05) is 107 Å². The van der Waals surface area contributed by atoms with E-state index in [9.17, 15) is 0 Å². The predicted molar refractivity (Wildman–Crippen MR) is 231 cm³/mol. The Kier molecular flexibility index (Phi) is 7.64. The molecule has 9 heterocycles. The number of benzene rings is 4. The number of hydrogen-bond donors (Lipinski definition) is 0. The molecule has 6 aromatic rings. The van der Waals surface area contributed by atoms with E-state index in [-0.39, 0.29) is 13.2 Å². The summed E-state index contributed by atoms with van der Waals surface area (Å²) in [6.07, 6.45) is -3.02. The summed E-state index contributed by atoms with van der Waals surface area (Å²) in [5, 5.41) is 3.31. The summed E-state index contributed by atoms with van der Waals surface area (Å²) in [6.45, 7) is 9.73. The molecule has 0 aliphatic carbocycles. The molecule has 15 nitrogen and oxygen atoms in total. The lowest BCUT2D eigenvalue weighted by atomic mass is 9.99. The van der Waals surface area contributed by atoms with Crippen LogP contribution in [0.1, 0.15) is 56.9 Å². The second-order valence-corrected chi connectivity index (χ2v) is 19.7. The van der Waals surface area contributed by atoms with E-state index in [1.165, 1.54) is 0 Å². The largest absolute Gasteiger partial charge is 0.603 e. The summed E-state index contributed by atoms with van der Waals surface area (Å²) in [6, 6.07) is 32.3. The maximum absolute atomic E-state index is 7.71. The summed E-state index contributed by atoms with van der Waals surface area (Å²) in [5.74, 6) is 1.34. The van der Waals surface area contributed by atoms with Crippen LogP contribution in [0, 0.1) is 0 Å². The zero-order valence-electron chi connectivity index (χ0n) is 34.5. The average Bonchev–Trinajstić information content (AvgIpc) is 4.09. The van der Waals surface area contributed by atoms with Crippen molar-refractivity contribution in [1.82, 2.24) is 8.47 Å². The fourth-order valence-corrected chi connectivity index (χ4v) is 13.3. The molecular formula is C46H40N8O7Si. The summed E-state index contributed by atoms with van der Waals surface area (Å²) in [7, 11) is -4.36. The van der Waals surface area contributed by atoms with E-state index < -0.39 is 51.2 Å². The van der Waals surface area contributed by atoms with Crippen molar-refractivity contribution >= 4 is 65.4 Å². The van der Waals surface area contributed by atoms with Gasteiger partial charge in [-0.2, -0.15) is 0 Å². The zero-order valence-corrected chi connectivity index (χ0v) is 35.5. The maximum atomic E-state index is 7.71. The predicted octanol–water partition coefficient (Wildman–Crippen LogP) is 5.82. The van der Waals surface area contributed by atoms with Gasteiger partial charge in [0.25, 0.3) is 0 Å². The molecule has 0 amide bonds. The Morgan fingerprint density at radius 3 is 1.50 bits per heavy atom. The number of fused-ring (bicyclic) bond motifs is 17. The van der Waals surface area contributed by atoms with Crippen molar-refractivity contribution < 1.29 is 32.5 Å². The number of ether oxygens (including phenoxy) is 5. The van der Waals surface area contributed by atoms with Crippen LogP contribution in [0.25, 0.3) is 21.5 Å². The van der Waals surface area contributed by atoms with Crippen LogP contribution in [0.4, 0.5) is 11.6 Å². The lowest BCUT2D eigenvalue weighted by molar-refractivity contribution is -0.239. The SMILES string of the molecule is CCO[Si]1(OC[C@H]2O[C@@H]3OC(C)(C)O[C@@H]3[C@H]3OC(C)(C)O[C@H]32)n2c3c4ccccc4c2N=C2N=C(N=c4c5ccccc5c(n41)=NC1=NC(=N3)c3ccccc31)c1ccccc12. The number of aliphatic imine (C=N–C) groups is 4. The minimum absolute atomic E-state index is 0.0177. The molecule has 0 spiro atoms. The number of nitrogens with zero attached hydrogens (tertiary/aromatic N) is 8. The van der Waals surface area contributed by atoms with Crippen molar-refractivity contribution in [3.8, 4) is 0 Å². The van der Waals surface area contributed by atoms with Gasteiger partial charge in [0.2, 0.25) is 0 Å². The van der Waals surface area contributed by atoms with Crippen molar-refractivity contribution in [2.45, 2.75) is 76.9 Å². The second-order valence-electron chi connectivity index (χ2n) is 17.1. The molecule has 0 N–H and O–H groups in total. The molecule has 7 aliphatic rings. The quantitative estimate of drug-likeness (QED) is 0.199. The Labute approximate surface area is 355 Å². The zero-order chi connectivity index (χ0) is 41.7. The molecule has 62 heavy (non-hydrogen) atoms. The molecular weight excluding hydrogens is 805 g/mol. The molecule has 3 saturated heterocycles. The highest BCUT2D eigenvalue weighted by atomic mass is 28.4. The van der Waals surface area contributed by atoms with E-state index >= 15 is 0 Å². The normalized spacial score (nSPS) is 27.9. The summed E-state index contributed by atoms with van der Waals surface area (Å²) in [5.41, 5.74) is 4.54. The Morgan fingerprint density at radius 1 is 0.516 bits per heavy atom. The first kappa shape index (κ1) is 36.8. The van der Waals surface area contributed by atoms with Crippen molar-refractivity contribution in [1.29, 1.82) is 0 Å². The number of aromatic nitrogens is 2. The molecule has 310 valence electrons. The van der Waals surface area contributed by atoms with Gasteiger partial charge < -0.3 is 32.5 Å². The third-order valence-electron chi connectivity index (χ3n) is 12.3. The van der Waals surface area contributed by atoms with Gasteiger partial charge in [0.15, 0.2) is 41.2 Å². The minimum atomic E-state index is -4.36. The monoisotopic (exact) mass is 844 g/mol. The van der Waals surface area contributed by atoms with Crippen LogP contribution >= 0.6 is 0 Å². The van der Waals surface area contributed by atoms with Crippen LogP contribution in [0.15, 0.2) is 127 Å². The van der Waals surface area contributed by atoms with E-state index in [0.717, 1.165) is 43.8 Å². The highest BCUT2D eigenvalue weighted by molar-refractivity contribution is 6.66. The van der Waals surface area contributed by atoms with Crippen LogP contribution in [0.3, 0.4) is 0 Å². The van der Waals surface area contributed by atoms with Crippen LogP contribution in [0.2, 0.25) is 0 Å². The highest BCUT2D eigenvalue weighted by Crippen LogP contribution is 2.46. The summed E-state index contributed by atoms with van der Waals surface area (Å²) in [4.78, 5) is 32.3. The highest BCUT2D eigenvalue weighted by Gasteiger charge is 2.62. The standard InChI is InChI=1S/C46H40N8O7Si/c1-6-55-62(56-23-32-33-34(59-45(2,3)58-33)35-44(57-32)61-46(4,5)60-35)53-40-28-19-11-12-20-29(28)42(53)51-38-26-17-9-10-18-27(26)39(48-38)52-43-31-22-14-13-21-30(31)41(54(43)62)50-37-25-16-8-7-15-24(25)36(47-37)49-40/h7-22,32-35,44H,6,23H2,1-5H3/t32-,33+,34+,35-,44-,62?/m1/s1. The maximum Gasteiger partial charge on any atom is 0.603 e. The van der Waals surface area contributed by atoms with Gasteiger partial charge in [-0.25, -0.2) is 30.0 Å². The van der Waals surface area contributed by atoms with Crippen LogP contribution in [-0.2, 0) is 32.5 Å². The molecule has 6 atom stereocenters. The van der Waals surface area contributed by atoms with Gasteiger partial charge >= 0.3 is 8.88 Å². The molecule has 3 fully saturated rings. The molecule has 4 aromatic carbocycles. The van der Waals surface area contributed by atoms with E-state index in [0.29, 0.717) is 46.0 Å². The second kappa shape index (κ2) is 12.9. The van der Waals surface area contributed by atoms with Gasteiger partial charge in [0, 0.05) is 50.4 Å². The average molecular weight is 845 g/mol. The first-order valence-corrected chi connectivity index (χ1v) is 22.7. The van der Waals surface area contributed by atoms with Crippen molar-refractivity contribution in [2.24, 2.45) is 30.0 Å². The minimum Gasteiger partial charge on any atom is -0.361 e. The Balaban J connectivity index is 1.16. The Morgan fingerprint density at radius 2 is 0.968 bits per heavy atom. The van der Waals surface area contributed by atoms with Gasteiger partial charge in [-0.3, -0.25) is 8.47 Å². The summed E-state index contributed by atoms with van der Waals surface area (Å²) >= 11 is 0. The molecule has 2 aromatic heterocycles. The number of rotatable bonds is 5. The lowest BCUT2D eigenvalue weighted by Crippen LogP contribution is -2.65. The van der Waals surface area contributed by atoms with E-state index in [4.69, 9.17) is 62.5 Å². The number of hydrogen-bond acceptors (Lipinski definition) is 13. The van der Waals surface area contributed by atoms with Gasteiger partial charge in [0.05, 0.1) is 6.61 Å². The topological polar surface area (TPSA) is 149 Å². The van der Waals surface area contributed by atoms with E-state index in [1.54, 1.807) is 0 Å². The number of amidine groups is 4. The third kappa shape index (κ3) is 5.17. The van der Waals surface area contributed by atoms with Crippen molar-refractivity contribution in [2.75, 3.05) is 13.2 Å². The molecule has 13 rings (SSSR count). The smallest absolute Gasteiger partial charge is 0.361 e. The third-order valence-corrected chi connectivity index (χ3v) is 15.5. The fraction of sp³-hybridized carbons (Fsp3) is 0.304. The molecule has 6 bridgehead atoms. The Bertz CT molecular complexity index is 3060. The van der Waals surface area contributed by atoms with Crippen LogP contribution in [-0.4, -0.2) is 96.2 Å². The first-order valence-electron chi connectivity index (χ1n) is 21.0. The molecule has 1 unspecified atom stereocenters. The summed E-state index contributed by atoms with van der Waals surface area (Å²) < 4.78 is 51.9. The first-order chi connectivity index (χ1) is 30.1. The Hall–Kier alpha value is -5.82. The molecule has 0 radical (unpaired) electrons.